The molecule has 0 bridgehead atoms. The van der Waals surface area contributed by atoms with Crippen molar-refractivity contribution in [1.29, 1.82) is 0 Å². The third kappa shape index (κ3) is 7.83. The van der Waals surface area contributed by atoms with Crippen LogP contribution in [-0.4, -0.2) is 55.2 Å². The van der Waals surface area contributed by atoms with E-state index in [0.717, 1.165) is 25.1 Å². The van der Waals surface area contributed by atoms with Gasteiger partial charge >= 0.3 is 6.18 Å². The average molecular weight is 393 g/mol. The lowest BCUT2D eigenvalue weighted by atomic mass is 10.1. The highest BCUT2D eigenvalue weighted by Crippen LogP contribution is 2.34. The molecule has 1 rings (SSSR count). The van der Waals surface area contributed by atoms with E-state index in [1.807, 2.05) is 14.1 Å². The molecule has 0 saturated carbocycles. The van der Waals surface area contributed by atoms with Crippen molar-refractivity contribution in [3.05, 3.63) is 33.9 Å². The van der Waals surface area contributed by atoms with Gasteiger partial charge in [0.05, 0.1) is 10.5 Å². The molecule has 0 aliphatic rings. The first-order chi connectivity index (χ1) is 12.1. The number of nitrogens with one attached hydrogen (secondary N) is 3. The summed E-state index contributed by atoms with van der Waals surface area (Å²) in [5.41, 5.74) is -1.66. The summed E-state index contributed by atoms with van der Waals surface area (Å²) in [4.78, 5) is 12.2. The fraction of sp³-hybridized carbons (Fsp3) is 0.533. The minimum absolute atomic E-state index is 0.0228. The number of alkyl halides is 3. The molecule has 0 aliphatic heterocycles. The van der Waals surface area contributed by atoms with Gasteiger partial charge in [0.15, 0.2) is 5.11 Å². The summed E-state index contributed by atoms with van der Waals surface area (Å²) >= 11 is 5.09. The Balaban J connectivity index is 2.45. The van der Waals surface area contributed by atoms with Crippen LogP contribution in [0.3, 0.4) is 0 Å². The smallest absolute Gasteiger partial charge is 0.378 e. The van der Waals surface area contributed by atoms with Gasteiger partial charge in [-0.25, -0.2) is 0 Å². The molecule has 3 N–H and O–H groups in total. The highest BCUT2D eigenvalue weighted by atomic mass is 32.1. The second kappa shape index (κ2) is 10.1. The number of hydrogen-bond donors (Lipinski definition) is 3. The van der Waals surface area contributed by atoms with Crippen molar-refractivity contribution in [2.75, 3.05) is 45.6 Å². The van der Waals surface area contributed by atoms with Gasteiger partial charge in [-0.2, -0.15) is 13.2 Å². The molecule has 0 fully saturated rings. The molecule has 0 amide bonds. The van der Waals surface area contributed by atoms with Gasteiger partial charge in [0.2, 0.25) is 0 Å². The largest absolute Gasteiger partial charge is 0.416 e. The second-order valence-corrected chi connectivity index (χ2v) is 6.16. The molecule has 11 heteroatoms. The maximum atomic E-state index is 12.7. The molecule has 1 aromatic rings. The zero-order chi connectivity index (χ0) is 19.7. The third-order valence-corrected chi connectivity index (χ3v) is 3.60. The second-order valence-electron chi connectivity index (χ2n) is 5.75. The van der Waals surface area contributed by atoms with Crippen molar-refractivity contribution in [2.45, 2.75) is 12.6 Å². The monoisotopic (exact) mass is 393 g/mol. The quantitative estimate of drug-likeness (QED) is 0.257. The number of nitro groups is 1. The first-order valence-electron chi connectivity index (χ1n) is 7.87. The molecule has 0 heterocycles. The summed E-state index contributed by atoms with van der Waals surface area (Å²) in [7, 11) is 3.95. The highest BCUT2D eigenvalue weighted by Gasteiger charge is 2.32. The van der Waals surface area contributed by atoms with E-state index in [-0.39, 0.29) is 12.2 Å². The van der Waals surface area contributed by atoms with Gasteiger partial charge in [-0.15, -0.1) is 0 Å². The van der Waals surface area contributed by atoms with Crippen molar-refractivity contribution < 1.29 is 18.1 Å². The van der Waals surface area contributed by atoms with E-state index in [2.05, 4.69) is 20.9 Å². The first-order valence-corrected chi connectivity index (χ1v) is 8.28. The van der Waals surface area contributed by atoms with Crippen LogP contribution >= 0.6 is 12.2 Å². The van der Waals surface area contributed by atoms with Crippen LogP contribution in [0.1, 0.15) is 12.0 Å². The molecule has 0 aliphatic carbocycles. The molecular weight excluding hydrogens is 371 g/mol. The topological polar surface area (TPSA) is 82.5 Å². The molecule has 1 aromatic carbocycles. The lowest BCUT2D eigenvalue weighted by molar-refractivity contribution is -0.384. The number of rotatable bonds is 9. The van der Waals surface area contributed by atoms with Gasteiger partial charge in [0.1, 0.15) is 5.69 Å². The minimum Gasteiger partial charge on any atom is -0.378 e. The molecule has 0 saturated heterocycles. The van der Waals surface area contributed by atoms with Gasteiger partial charge < -0.3 is 20.9 Å². The Kier molecular flexibility index (Phi) is 8.52. The molecule has 26 heavy (non-hydrogen) atoms. The summed E-state index contributed by atoms with van der Waals surface area (Å²) in [5.74, 6) is 0. The van der Waals surface area contributed by atoms with Gasteiger partial charge in [-0.3, -0.25) is 10.1 Å². The van der Waals surface area contributed by atoms with E-state index in [1.54, 1.807) is 0 Å². The molecule has 0 radical (unpaired) electrons. The SMILES string of the molecule is CN(C)CCCNC(=S)NCCNc1ccc(C(F)(F)F)cc1[N+](=O)[O-]. The number of nitro benzene ring substituents is 1. The zero-order valence-electron chi connectivity index (χ0n) is 14.5. The zero-order valence-corrected chi connectivity index (χ0v) is 15.3. The average Bonchev–Trinajstić information content (AvgIpc) is 2.54. The predicted molar refractivity (Wildman–Crippen MR) is 98.4 cm³/mol. The Hall–Kier alpha value is -2.14. The third-order valence-electron chi connectivity index (χ3n) is 3.32. The number of halogens is 3. The van der Waals surface area contributed by atoms with Crippen molar-refractivity contribution in [2.24, 2.45) is 0 Å². The number of nitrogens with zero attached hydrogens (tertiary/aromatic N) is 2. The summed E-state index contributed by atoms with van der Waals surface area (Å²) in [6, 6.07) is 2.38. The summed E-state index contributed by atoms with van der Waals surface area (Å²) in [6.45, 7) is 2.25. The Morgan fingerprint density at radius 2 is 1.88 bits per heavy atom. The first kappa shape index (κ1) is 21.9. The van der Waals surface area contributed by atoms with Crippen LogP contribution in [0.25, 0.3) is 0 Å². The van der Waals surface area contributed by atoms with E-state index < -0.39 is 22.4 Å². The van der Waals surface area contributed by atoms with Crippen LogP contribution in [0.4, 0.5) is 24.5 Å². The van der Waals surface area contributed by atoms with E-state index >= 15 is 0 Å². The van der Waals surface area contributed by atoms with Crippen LogP contribution in [0.5, 0.6) is 0 Å². The van der Waals surface area contributed by atoms with Gasteiger partial charge in [-0.05, 0) is 51.4 Å². The van der Waals surface area contributed by atoms with Crippen molar-refractivity contribution in [3.8, 4) is 0 Å². The van der Waals surface area contributed by atoms with Crippen LogP contribution in [-0.2, 0) is 6.18 Å². The van der Waals surface area contributed by atoms with Crippen molar-refractivity contribution >= 4 is 28.7 Å². The molecule has 146 valence electrons. The Morgan fingerprint density at radius 3 is 2.46 bits per heavy atom. The summed E-state index contributed by atoms with van der Waals surface area (Å²) < 4.78 is 38.0. The Morgan fingerprint density at radius 1 is 1.23 bits per heavy atom. The molecular formula is C15H22F3N5O2S. The van der Waals surface area contributed by atoms with E-state index in [4.69, 9.17) is 12.2 Å². The van der Waals surface area contributed by atoms with E-state index in [9.17, 15) is 23.3 Å². The fourth-order valence-electron chi connectivity index (χ4n) is 2.04. The minimum atomic E-state index is -4.63. The molecule has 0 spiro atoms. The maximum absolute atomic E-state index is 12.7. The van der Waals surface area contributed by atoms with Gasteiger partial charge in [0.25, 0.3) is 5.69 Å². The van der Waals surface area contributed by atoms with Gasteiger partial charge in [0, 0.05) is 25.7 Å². The Labute approximate surface area is 155 Å². The van der Waals surface area contributed by atoms with Crippen LogP contribution in [0, 0.1) is 10.1 Å². The number of benzene rings is 1. The highest BCUT2D eigenvalue weighted by molar-refractivity contribution is 7.80. The van der Waals surface area contributed by atoms with E-state index in [0.29, 0.717) is 24.3 Å². The molecule has 7 nitrogen and oxygen atoms in total. The lowest BCUT2D eigenvalue weighted by Gasteiger charge is -2.13. The fourth-order valence-corrected chi connectivity index (χ4v) is 2.25. The molecule has 0 aromatic heterocycles. The van der Waals surface area contributed by atoms with Crippen LogP contribution in [0.15, 0.2) is 18.2 Å². The van der Waals surface area contributed by atoms with Crippen LogP contribution < -0.4 is 16.0 Å². The lowest BCUT2D eigenvalue weighted by Crippen LogP contribution is -2.38. The van der Waals surface area contributed by atoms with Crippen molar-refractivity contribution in [1.82, 2.24) is 15.5 Å². The van der Waals surface area contributed by atoms with Gasteiger partial charge in [-0.1, -0.05) is 0 Å². The predicted octanol–water partition coefficient (Wildman–Crippen LogP) is 2.44. The number of anilines is 1. The molecule has 0 atom stereocenters. The van der Waals surface area contributed by atoms with Crippen molar-refractivity contribution in [3.63, 3.8) is 0 Å². The number of thiocarbonyl (C=S) groups is 1. The molecule has 0 unspecified atom stereocenters. The summed E-state index contributed by atoms with van der Waals surface area (Å²) in [6.07, 6.45) is -3.71. The van der Waals surface area contributed by atoms with Crippen LogP contribution in [0.2, 0.25) is 0 Å². The Bertz CT molecular complexity index is 626. The number of hydrogen-bond acceptors (Lipinski definition) is 5. The standard InChI is InChI=1S/C15H22F3N5O2S/c1-22(2)9-3-6-20-14(26)21-8-7-19-12-5-4-11(15(16,17)18)10-13(12)23(24)25/h4-5,10,19H,3,6-9H2,1-2H3,(H2,20,21,26). The maximum Gasteiger partial charge on any atom is 0.416 e. The van der Waals surface area contributed by atoms with E-state index in [1.165, 1.54) is 0 Å². The summed E-state index contributed by atoms with van der Waals surface area (Å²) in [5, 5.41) is 20.1. The normalized spacial score (nSPS) is 11.3.